The molecule has 0 aliphatic rings. The summed E-state index contributed by atoms with van der Waals surface area (Å²) in [7, 11) is -3.84. The van der Waals surface area contributed by atoms with Crippen molar-refractivity contribution in [3.63, 3.8) is 0 Å². The largest absolute Gasteiger partial charge is 0.269 e. The summed E-state index contributed by atoms with van der Waals surface area (Å²) >= 11 is 0. The average Bonchev–Trinajstić information content (AvgIpc) is 2.74. The number of non-ortho nitro benzene ring substituents is 1. The van der Waals surface area contributed by atoms with Crippen LogP contribution in [0.25, 0.3) is 6.08 Å². The van der Waals surface area contributed by atoms with Crippen molar-refractivity contribution in [3.05, 3.63) is 112 Å². The maximum absolute atomic E-state index is 13.2. The summed E-state index contributed by atoms with van der Waals surface area (Å²) in [6.45, 7) is 0.363. The molecular weight excluding hydrogens is 388 g/mol. The number of sulfonamides is 1. The molecule has 0 atom stereocenters. The highest BCUT2D eigenvalue weighted by Crippen LogP contribution is 2.21. The second-order valence-corrected chi connectivity index (χ2v) is 8.29. The fourth-order valence-corrected chi connectivity index (χ4v) is 4.17. The van der Waals surface area contributed by atoms with Gasteiger partial charge in [0.05, 0.1) is 9.82 Å². The predicted molar refractivity (Wildman–Crippen MR) is 113 cm³/mol. The third-order valence-electron chi connectivity index (χ3n) is 4.31. The third kappa shape index (κ3) is 5.37. The molecule has 0 spiro atoms. The van der Waals surface area contributed by atoms with Crippen molar-refractivity contribution in [2.75, 3.05) is 6.54 Å². The molecule has 0 bridgehead atoms. The van der Waals surface area contributed by atoms with E-state index in [1.54, 1.807) is 6.08 Å². The normalized spacial score (nSPS) is 11.8. The van der Waals surface area contributed by atoms with Gasteiger partial charge in [-0.25, -0.2) is 8.42 Å². The zero-order valence-electron chi connectivity index (χ0n) is 15.6. The summed E-state index contributed by atoms with van der Waals surface area (Å²) in [6.07, 6.45) is 3.66. The Morgan fingerprint density at radius 3 is 2.03 bits per heavy atom. The summed E-state index contributed by atoms with van der Waals surface area (Å²) < 4.78 is 27.7. The molecule has 7 heteroatoms. The van der Waals surface area contributed by atoms with E-state index in [0.717, 1.165) is 11.1 Å². The van der Waals surface area contributed by atoms with Crippen LogP contribution in [-0.2, 0) is 16.6 Å². The van der Waals surface area contributed by atoms with Crippen molar-refractivity contribution < 1.29 is 13.3 Å². The van der Waals surface area contributed by atoms with Gasteiger partial charge < -0.3 is 0 Å². The Labute approximate surface area is 169 Å². The number of nitro groups is 1. The minimum Gasteiger partial charge on any atom is -0.258 e. The first-order valence-corrected chi connectivity index (χ1v) is 10.4. The van der Waals surface area contributed by atoms with E-state index in [1.807, 2.05) is 66.7 Å². The number of benzene rings is 3. The fraction of sp³-hybridized carbons (Fsp3) is 0.0909. The molecule has 0 N–H and O–H groups in total. The van der Waals surface area contributed by atoms with Gasteiger partial charge in [-0.2, -0.15) is 4.31 Å². The molecule has 3 rings (SSSR count). The van der Waals surface area contributed by atoms with Crippen molar-refractivity contribution in [3.8, 4) is 0 Å². The van der Waals surface area contributed by atoms with E-state index < -0.39 is 14.9 Å². The van der Waals surface area contributed by atoms with Crippen LogP contribution in [0.15, 0.2) is 95.9 Å². The summed E-state index contributed by atoms with van der Waals surface area (Å²) in [4.78, 5) is 10.3. The zero-order valence-corrected chi connectivity index (χ0v) is 16.4. The lowest BCUT2D eigenvalue weighted by Crippen LogP contribution is -2.30. The van der Waals surface area contributed by atoms with Crippen LogP contribution in [0.1, 0.15) is 11.1 Å². The maximum Gasteiger partial charge on any atom is 0.269 e. The fourth-order valence-electron chi connectivity index (χ4n) is 2.79. The Balaban J connectivity index is 1.88. The molecule has 0 radical (unpaired) electrons. The van der Waals surface area contributed by atoms with Crippen LogP contribution >= 0.6 is 0 Å². The van der Waals surface area contributed by atoms with Gasteiger partial charge in [-0.05, 0) is 23.3 Å². The van der Waals surface area contributed by atoms with E-state index in [-0.39, 0.29) is 23.7 Å². The first-order chi connectivity index (χ1) is 14.0. The Morgan fingerprint density at radius 1 is 0.862 bits per heavy atom. The van der Waals surface area contributed by atoms with Crippen LogP contribution in [0.3, 0.4) is 0 Å². The molecule has 3 aromatic carbocycles. The van der Waals surface area contributed by atoms with Gasteiger partial charge in [-0.1, -0.05) is 72.8 Å². The Morgan fingerprint density at radius 2 is 1.45 bits per heavy atom. The van der Waals surface area contributed by atoms with Gasteiger partial charge in [0.15, 0.2) is 0 Å². The smallest absolute Gasteiger partial charge is 0.258 e. The highest BCUT2D eigenvalue weighted by atomic mass is 32.2. The number of hydrogen-bond donors (Lipinski definition) is 0. The van der Waals surface area contributed by atoms with Gasteiger partial charge in [0, 0.05) is 25.2 Å². The van der Waals surface area contributed by atoms with Gasteiger partial charge in [-0.15, -0.1) is 0 Å². The zero-order chi connectivity index (χ0) is 20.7. The van der Waals surface area contributed by atoms with E-state index in [4.69, 9.17) is 0 Å². The molecular formula is C22H20N2O4S. The van der Waals surface area contributed by atoms with E-state index >= 15 is 0 Å². The molecule has 0 aliphatic heterocycles. The van der Waals surface area contributed by atoms with Gasteiger partial charge >= 0.3 is 0 Å². The number of nitro benzene ring substituents is 1. The molecule has 0 saturated heterocycles. The van der Waals surface area contributed by atoms with Gasteiger partial charge in [0.2, 0.25) is 10.0 Å². The number of nitrogens with zero attached hydrogens (tertiary/aromatic N) is 2. The lowest BCUT2D eigenvalue weighted by Gasteiger charge is -2.21. The van der Waals surface area contributed by atoms with Crippen LogP contribution in [0.2, 0.25) is 0 Å². The van der Waals surface area contributed by atoms with E-state index in [0.29, 0.717) is 0 Å². The van der Waals surface area contributed by atoms with Crippen molar-refractivity contribution in [2.24, 2.45) is 0 Å². The molecule has 0 aromatic heterocycles. The van der Waals surface area contributed by atoms with E-state index in [2.05, 4.69) is 0 Å². The molecule has 0 unspecified atom stereocenters. The van der Waals surface area contributed by atoms with E-state index in [1.165, 1.54) is 28.6 Å². The summed E-state index contributed by atoms with van der Waals surface area (Å²) in [5.41, 5.74) is 1.67. The highest BCUT2D eigenvalue weighted by Gasteiger charge is 2.24. The summed E-state index contributed by atoms with van der Waals surface area (Å²) in [5.74, 6) is 0. The highest BCUT2D eigenvalue weighted by molar-refractivity contribution is 7.89. The molecule has 0 saturated carbocycles. The third-order valence-corrected chi connectivity index (χ3v) is 6.13. The average molecular weight is 408 g/mol. The van der Waals surface area contributed by atoms with Crippen molar-refractivity contribution >= 4 is 21.8 Å². The minimum absolute atomic E-state index is 0.0205. The quantitative estimate of drug-likeness (QED) is 0.406. The van der Waals surface area contributed by atoms with Crippen LogP contribution < -0.4 is 0 Å². The van der Waals surface area contributed by atoms with Crippen molar-refractivity contribution in [1.29, 1.82) is 0 Å². The Bertz CT molecular complexity index is 1080. The molecule has 0 fully saturated rings. The Kier molecular flexibility index (Phi) is 6.54. The summed E-state index contributed by atoms with van der Waals surface area (Å²) in [5, 5.41) is 10.8. The van der Waals surface area contributed by atoms with Crippen molar-refractivity contribution in [2.45, 2.75) is 11.4 Å². The molecule has 6 nitrogen and oxygen atoms in total. The first-order valence-electron chi connectivity index (χ1n) is 8.97. The van der Waals surface area contributed by atoms with E-state index in [9.17, 15) is 18.5 Å². The molecule has 0 aliphatic carbocycles. The van der Waals surface area contributed by atoms with Gasteiger partial charge in [0.25, 0.3) is 5.69 Å². The second kappa shape index (κ2) is 9.27. The molecule has 0 heterocycles. The van der Waals surface area contributed by atoms with Crippen LogP contribution in [0.5, 0.6) is 0 Å². The second-order valence-electron chi connectivity index (χ2n) is 6.35. The van der Waals surface area contributed by atoms with Crippen LogP contribution in [0, 0.1) is 10.1 Å². The number of hydrogen-bond acceptors (Lipinski definition) is 4. The first kappa shape index (κ1) is 20.4. The predicted octanol–water partition coefficient (Wildman–Crippen LogP) is 4.50. The Hall–Kier alpha value is -3.29. The lowest BCUT2D eigenvalue weighted by atomic mass is 10.2. The van der Waals surface area contributed by atoms with Gasteiger partial charge in [0.1, 0.15) is 0 Å². The molecule has 3 aromatic rings. The standard InChI is InChI=1S/C22H20N2O4S/c25-24(26)21-13-15-22(16-14-21)29(27,28)23(18-20-10-5-2-6-11-20)17-7-12-19-8-3-1-4-9-19/h1-16H,17-18H2/b12-7+. The lowest BCUT2D eigenvalue weighted by molar-refractivity contribution is -0.384. The topological polar surface area (TPSA) is 80.5 Å². The maximum atomic E-state index is 13.2. The molecule has 29 heavy (non-hydrogen) atoms. The molecule has 0 amide bonds. The minimum atomic E-state index is -3.84. The van der Waals surface area contributed by atoms with Crippen molar-refractivity contribution in [1.82, 2.24) is 4.31 Å². The summed E-state index contributed by atoms with van der Waals surface area (Å²) in [6, 6.07) is 23.8. The SMILES string of the molecule is O=[N+]([O-])c1ccc(S(=O)(=O)N(C/C=C/c2ccccc2)Cc2ccccc2)cc1. The monoisotopic (exact) mass is 408 g/mol. The van der Waals surface area contributed by atoms with Crippen LogP contribution in [-0.4, -0.2) is 24.2 Å². The van der Waals surface area contributed by atoms with Gasteiger partial charge in [-0.3, -0.25) is 10.1 Å². The number of rotatable bonds is 8. The van der Waals surface area contributed by atoms with Crippen LogP contribution in [0.4, 0.5) is 5.69 Å². The molecule has 148 valence electrons.